The van der Waals surface area contributed by atoms with E-state index in [9.17, 15) is 9.59 Å². The second-order valence-electron chi connectivity index (χ2n) is 4.32. The number of carbonyl (C=O) groups excluding carboxylic acids is 1. The minimum Gasteiger partial charge on any atom is -0.478 e. The maximum absolute atomic E-state index is 12.0. The van der Waals surface area contributed by atoms with E-state index in [0.717, 1.165) is 25.8 Å². The average molecular weight is 249 g/mol. The first-order chi connectivity index (χ1) is 8.56. The number of amides is 1. The molecule has 0 saturated carbocycles. The van der Waals surface area contributed by atoms with Crippen LogP contribution in [0.5, 0.6) is 0 Å². The van der Waals surface area contributed by atoms with Crippen molar-refractivity contribution in [3.8, 4) is 0 Å². The Morgan fingerprint density at radius 3 is 2.17 bits per heavy atom. The first kappa shape index (κ1) is 14.2. The molecule has 0 spiro atoms. The van der Waals surface area contributed by atoms with Crippen molar-refractivity contribution in [2.45, 2.75) is 26.2 Å². The van der Waals surface area contributed by atoms with Gasteiger partial charge in [-0.3, -0.25) is 4.79 Å². The van der Waals surface area contributed by atoms with Gasteiger partial charge in [-0.2, -0.15) is 0 Å². The molecule has 4 heteroatoms. The van der Waals surface area contributed by atoms with Crippen molar-refractivity contribution in [2.24, 2.45) is 0 Å². The van der Waals surface area contributed by atoms with Crippen molar-refractivity contribution in [1.29, 1.82) is 0 Å². The Kier molecular flexibility index (Phi) is 5.36. The molecular weight excluding hydrogens is 230 g/mol. The summed E-state index contributed by atoms with van der Waals surface area (Å²) in [6.07, 6.45) is 3.22. The molecule has 4 nitrogen and oxygen atoms in total. The fourth-order valence-corrected chi connectivity index (χ4v) is 1.68. The molecule has 0 radical (unpaired) electrons. The lowest BCUT2D eigenvalue weighted by molar-refractivity contribution is 0.0695. The lowest BCUT2D eigenvalue weighted by Crippen LogP contribution is -2.27. The van der Waals surface area contributed by atoms with E-state index in [1.54, 1.807) is 24.1 Å². The van der Waals surface area contributed by atoms with Crippen LogP contribution in [0, 0.1) is 0 Å². The molecule has 0 aromatic heterocycles. The maximum Gasteiger partial charge on any atom is 0.335 e. The smallest absolute Gasteiger partial charge is 0.335 e. The lowest BCUT2D eigenvalue weighted by Gasteiger charge is -2.17. The highest BCUT2D eigenvalue weighted by Gasteiger charge is 2.11. The van der Waals surface area contributed by atoms with Gasteiger partial charge in [0.25, 0.3) is 5.91 Å². The Morgan fingerprint density at radius 1 is 1.11 bits per heavy atom. The summed E-state index contributed by atoms with van der Waals surface area (Å²) in [5.74, 6) is -1.05. The van der Waals surface area contributed by atoms with Gasteiger partial charge in [0.05, 0.1) is 5.56 Å². The third kappa shape index (κ3) is 3.87. The van der Waals surface area contributed by atoms with Gasteiger partial charge in [0.1, 0.15) is 0 Å². The molecule has 1 rings (SSSR count). The number of rotatable bonds is 6. The zero-order chi connectivity index (χ0) is 13.5. The topological polar surface area (TPSA) is 57.6 Å². The van der Waals surface area contributed by atoms with E-state index in [1.807, 2.05) is 0 Å². The molecule has 0 heterocycles. The first-order valence-corrected chi connectivity index (χ1v) is 6.15. The summed E-state index contributed by atoms with van der Waals surface area (Å²) in [6.45, 7) is 2.85. The van der Waals surface area contributed by atoms with E-state index in [1.165, 1.54) is 12.1 Å². The van der Waals surface area contributed by atoms with Gasteiger partial charge >= 0.3 is 5.97 Å². The third-order valence-electron chi connectivity index (χ3n) is 2.82. The van der Waals surface area contributed by atoms with Crippen molar-refractivity contribution >= 4 is 11.9 Å². The van der Waals surface area contributed by atoms with E-state index >= 15 is 0 Å². The van der Waals surface area contributed by atoms with E-state index in [4.69, 9.17) is 5.11 Å². The van der Waals surface area contributed by atoms with Crippen molar-refractivity contribution in [3.63, 3.8) is 0 Å². The third-order valence-corrected chi connectivity index (χ3v) is 2.82. The van der Waals surface area contributed by atoms with Crippen LogP contribution in [0.25, 0.3) is 0 Å². The fourth-order valence-electron chi connectivity index (χ4n) is 1.68. The Morgan fingerprint density at radius 2 is 1.67 bits per heavy atom. The molecule has 0 aliphatic rings. The Bertz CT molecular complexity index is 412. The van der Waals surface area contributed by atoms with Crippen LogP contribution >= 0.6 is 0 Å². The van der Waals surface area contributed by atoms with E-state index in [2.05, 4.69) is 6.92 Å². The Labute approximate surface area is 107 Å². The predicted octanol–water partition coefficient (Wildman–Crippen LogP) is 2.65. The SMILES string of the molecule is CCCCCN(C)C(=O)c1ccc(C(=O)O)cc1. The zero-order valence-electron chi connectivity index (χ0n) is 10.8. The molecule has 0 aliphatic carbocycles. The minimum atomic E-state index is -0.981. The number of aromatic carboxylic acids is 1. The predicted molar refractivity (Wildman–Crippen MR) is 69.9 cm³/mol. The van der Waals surface area contributed by atoms with E-state index in [-0.39, 0.29) is 11.5 Å². The molecular formula is C14H19NO3. The largest absolute Gasteiger partial charge is 0.478 e. The van der Waals surface area contributed by atoms with Crippen molar-refractivity contribution < 1.29 is 14.7 Å². The number of benzene rings is 1. The highest BCUT2D eigenvalue weighted by atomic mass is 16.4. The van der Waals surface area contributed by atoms with Crippen LogP contribution in [0.1, 0.15) is 46.9 Å². The monoisotopic (exact) mass is 249 g/mol. The van der Waals surface area contributed by atoms with Gasteiger partial charge in [-0.25, -0.2) is 4.79 Å². The molecule has 18 heavy (non-hydrogen) atoms. The summed E-state index contributed by atoms with van der Waals surface area (Å²) < 4.78 is 0. The Hall–Kier alpha value is -1.84. The molecule has 1 N–H and O–H groups in total. The fraction of sp³-hybridized carbons (Fsp3) is 0.429. The molecule has 98 valence electrons. The number of carbonyl (C=O) groups is 2. The second kappa shape index (κ2) is 6.79. The van der Waals surface area contributed by atoms with Crippen LogP contribution in [0.15, 0.2) is 24.3 Å². The van der Waals surface area contributed by atoms with Crippen LogP contribution in [0.4, 0.5) is 0 Å². The standard InChI is InChI=1S/C14H19NO3/c1-3-4-5-10-15(2)13(16)11-6-8-12(9-7-11)14(17)18/h6-9H,3-5,10H2,1-2H3,(H,17,18). The Balaban J connectivity index is 2.63. The van der Waals surface area contributed by atoms with Crippen molar-refractivity contribution in [1.82, 2.24) is 4.90 Å². The van der Waals surface area contributed by atoms with Gasteiger partial charge in [-0.05, 0) is 30.7 Å². The quantitative estimate of drug-likeness (QED) is 0.788. The van der Waals surface area contributed by atoms with Gasteiger partial charge in [0.2, 0.25) is 0 Å². The molecule has 1 aromatic rings. The van der Waals surface area contributed by atoms with Crippen LogP contribution in [0.2, 0.25) is 0 Å². The highest BCUT2D eigenvalue weighted by molar-refractivity contribution is 5.95. The molecule has 0 atom stereocenters. The number of carboxylic acid groups (broad SMARTS) is 1. The van der Waals surface area contributed by atoms with E-state index in [0.29, 0.717) is 5.56 Å². The maximum atomic E-state index is 12.0. The van der Waals surface area contributed by atoms with Crippen LogP contribution < -0.4 is 0 Å². The van der Waals surface area contributed by atoms with Gasteiger partial charge in [0, 0.05) is 19.2 Å². The number of hydrogen-bond donors (Lipinski definition) is 1. The van der Waals surface area contributed by atoms with Gasteiger partial charge < -0.3 is 10.0 Å². The number of unbranched alkanes of at least 4 members (excludes halogenated alkanes) is 2. The summed E-state index contributed by atoms with van der Waals surface area (Å²) in [6, 6.07) is 6.02. The first-order valence-electron chi connectivity index (χ1n) is 6.15. The van der Waals surface area contributed by atoms with Crippen LogP contribution in [-0.2, 0) is 0 Å². The number of hydrogen-bond acceptors (Lipinski definition) is 2. The molecule has 0 bridgehead atoms. The summed E-state index contributed by atoms with van der Waals surface area (Å²) >= 11 is 0. The number of carboxylic acids is 1. The number of nitrogens with zero attached hydrogens (tertiary/aromatic N) is 1. The van der Waals surface area contributed by atoms with Crippen LogP contribution in [0.3, 0.4) is 0 Å². The van der Waals surface area contributed by atoms with Gasteiger partial charge in [0.15, 0.2) is 0 Å². The molecule has 1 amide bonds. The zero-order valence-corrected chi connectivity index (χ0v) is 10.8. The lowest BCUT2D eigenvalue weighted by atomic mass is 10.1. The van der Waals surface area contributed by atoms with Gasteiger partial charge in [-0.1, -0.05) is 19.8 Å². The summed E-state index contributed by atoms with van der Waals surface area (Å²) in [5.41, 5.74) is 0.721. The molecule has 1 aromatic carbocycles. The summed E-state index contributed by atoms with van der Waals surface area (Å²) in [7, 11) is 1.77. The average Bonchev–Trinajstić information content (AvgIpc) is 2.38. The summed E-state index contributed by atoms with van der Waals surface area (Å²) in [5, 5.41) is 8.77. The van der Waals surface area contributed by atoms with E-state index < -0.39 is 5.97 Å². The van der Waals surface area contributed by atoms with Crippen LogP contribution in [-0.4, -0.2) is 35.5 Å². The summed E-state index contributed by atoms with van der Waals surface area (Å²) in [4.78, 5) is 24.4. The molecule has 0 unspecified atom stereocenters. The minimum absolute atomic E-state index is 0.0666. The van der Waals surface area contributed by atoms with Crippen molar-refractivity contribution in [2.75, 3.05) is 13.6 Å². The van der Waals surface area contributed by atoms with Gasteiger partial charge in [-0.15, -0.1) is 0 Å². The molecule has 0 saturated heterocycles. The highest BCUT2D eigenvalue weighted by Crippen LogP contribution is 2.08. The molecule has 0 fully saturated rings. The second-order valence-corrected chi connectivity index (χ2v) is 4.32. The normalized spacial score (nSPS) is 10.1. The molecule has 0 aliphatic heterocycles. The van der Waals surface area contributed by atoms with Crippen molar-refractivity contribution in [3.05, 3.63) is 35.4 Å².